The highest BCUT2D eigenvalue weighted by atomic mass is 15.2. The van der Waals surface area contributed by atoms with Crippen molar-refractivity contribution in [2.75, 3.05) is 30.4 Å². The molecule has 0 saturated heterocycles. The Morgan fingerprint density at radius 3 is 2.52 bits per heavy atom. The van der Waals surface area contributed by atoms with E-state index in [2.05, 4.69) is 38.0 Å². The molecule has 0 radical (unpaired) electrons. The molecule has 0 bridgehead atoms. The maximum Gasteiger partial charge on any atom is 0.137 e. The van der Waals surface area contributed by atoms with Gasteiger partial charge in [0.25, 0.3) is 0 Å². The van der Waals surface area contributed by atoms with Gasteiger partial charge in [-0.25, -0.2) is 9.97 Å². The van der Waals surface area contributed by atoms with Crippen LogP contribution in [-0.4, -0.2) is 30.1 Å². The van der Waals surface area contributed by atoms with Gasteiger partial charge < -0.3 is 10.2 Å². The minimum Gasteiger partial charge on any atom is -0.370 e. The molecule has 1 aliphatic carbocycles. The summed E-state index contributed by atoms with van der Waals surface area (Å²) in [4.78, 5) is 11.9. The molecular weight excluding hydrogens is 260 g/mol. The van der Waals surface area contributed by atoms with Gasteiger partial charge in [0.05, 0.1) is 0 Å². The Balaban J connectivity index is 2.21. The van der Waals surface area contributed by atoms with Crippen LogP contribution >= 0.6 is 0 Å². The van der Waals surface area contributed by atoms with Crippen molar-refractivity contribution in [3.8, 4) is 0 Å². The molecule has 4 heteroatoms. The van der Waals surface area contributed by atoms with Crippen LogP contribution in [0, 0.1) is 12.8 Å². The van der Waals surface area contributed by atoms with Gasteiger partial charge in [-0.1, -0.05) is 20.3 Å². The smallest absolute Gasteiger partial charge is 0.137 e. The van der Waals surface area contributed by atoms with Crippen LogP contribution in [0.5, 0.6) is 0 Å². The van der Waals surface area contributed by atoms with Crippen LogP contribution in [0.15, 0.2) is 0 Å². The van der Waals surface area contributed by atoms with Crippen LogP contribution in [-0.2, 0) is 6.42 Å². The third-order valence-electron chi connectivity index (χ3n) is 4.30. The predicted octanol–water partition coefficient (Wildman–Crippen LogP) is 3.80. The van der Waals surface area contributed by atoms with E-state index in [1.165, 1.54) is 24.8 Å². The number of nitrogens with zero attached hydrogens (tertiary/aromatic N) is 3. The average molecular weight is 290 g/mol. The first-order valence-electron chi connectivity index (χ1n) is 8.48. The van der Waals surface area contributed by atoms with Crippen molar-refractivity contribution in [3.05, 3.63) is 11.4 Å². The lowest BCUT2D eigenvalue weighted by Gasteiger charge is -2.31. The highest BCUT2D eigenvalue weighted by molar-refractivity contribution is 5.58. The van der Waals surface area contributed by atoms with Gasteiger partial charge >= 0.3 is 0 Å². The molecule has 1 aromatic heterocycles. The summed E-state index contributed by atoms with van der Waals surface area (Å²) in [6.07, 6.45) is 7.29. The zero-order valence-electron chi connectivity index (χ0n) is 14.1. The summed E-state index contributed by atoms with van der Waals surface area (Å²) in [6, 6.07) is 0. The first-order valence-corrected chi connectivity index (χ1v) is 8.48. The normalized spacial score (nSPS) is 14.9. The van der Waals surface area contributed by atoms with E-state index < -0.39 is 0 Å². The lowest BCUT2D eigenvalue weighted by atomic mass is 9.85. The molecular formula is C17H30N4. The maximum atomic E-state index is 4.82. The van der Waals surface area contributed by atoms with Gasteiger partial charge in [-0.05, 0) is 38.5 Å². The fourth-order valence-corrected chi connectivity index (χ4v) is 2.82. The molecule has 118 valence electrons. The highest BCUT2D eigenvalue weighted by Crippen LogP contribution is 2.30. The molecule has 0 spiro atoms. The number of aromatic nitrogens is 2. The number of hydrogen-bond acceptors (Lipinski definition) is 4. The molecule has 1 fully saturated rings. The van der Waals surface area contributed by atoms with Gasteiger partial charge in [0.15, 0.2) is 0 Å². The van der Waals surface area contributed by atoms with Crippen LogP contribution in [0.1, 0.15) is 57.3 Å². The van der Waals surface area contributed by atoms with Gasteiger partial charge in [-0.3, -0.25) is 0 Å². The number of nitrogens with one attached hydrogen (secondary N) is 1. The largest absolute Gasteiger partial charge is 0.370 e. The zero-order valence-corrected chi connectivity index (χ0v) is 14.1. The van der Waals surface area contributed by atoms with E-state index in [9.17, 15) is 0 Å². The summed E-state index contributed by atoms with van der Waals surface area (Å²) >= 11 is 0. The molecule has 21 heavy (non-hydrogen) atoms. The topological polar surface area (TPSA) is 41.1 Å². The van der Waals surface area contributed by atoms with E-state index >= 15 is 0 Å². The third kappa shape index (κ3) is 4.08. The summed E-state index contributed by atoms with van der Waals surface area (Å²) in [5.74, 6) is 3.95. The van der Waals surface area contributed by atoms with Crippen LogP contribution in [0.4, 0.5) is 11.6 Å². The van der Waals surface area contributed by atoms with Gasteiger partial charge in [0.1, 0.15) is 17.5 Å². The van der Waals surface area contributed by atoms with E-state index in [1.807, 2.05) is 0 Å². The number of rotatable bonds is 8. The summed E-state index contributed by atoms with van der Waals surface area (Å²) in [5, 5.41) is 3.46. The zero-order chi connectivity index (χ0) is 15.2. The first-order chi connectivity index (χ1) is 10.2. The molecule has 1 aliphatic rings. The molecule has 1 N–H and O–H groups in total. The lowest BCUT2D eigenvalue weighted by Crippen LogP contribution is -2.31. The second-order valence-electron chi connectivity index (χ2n) is 6.29. The van der Waals surface area contributed by atoms with Gasteiger partial charge in [-0.15, -0.1) is 0 Å². The Labute approximate surface area is 129 Å². The van der Waals surface area contributed by atoms with Crippen LogP contribution in [0.2, 0.25) is 0 Å². The van der Waals surface area contributed by atoms with Gasteiger partial charge in [-0.2, -0.15) is 0 Å². The Hall–Kier alpha value is -1.32. The summed E-state index contributed by atoms with van der Waals surface area (Å²) < 4.78 is 0. The van der Waals surface area contributed by atoms with Crippen molar-refractivity contribution in [1.82, 2.24) is 9.97 Å². The monoisotopic (exact) mass is 290 g/mol. The van der Waals surface area contributed by atoms with E-state index in [4.69, 9.17) is 9.97 Å². The molecule has 0 aromatic carbocycles. The Kier molecular flexibility index (Phi) is 5.83. The molecule has 4 nitrogen and oxygen atoms in total. The number of anilines is 2. The Morgan fingerprint density at radius 2 is 1.95 bits per heavy atom. The summed E-state index contributed by atoms with van der Waals surface area (Å²) in [7, 11) is 2.17. The lowest BCUT2D eigenvalue weighted by molar-refractivity contribution is 0.321. The summed E-state index contributed by atoms with van der Waals surface area (Å²) in [5.41, 5.74) is 1.19. The molecule has 1 heterocycles. The minimum absolute atomic E-state index is 0.853. The molecule has 1 aromatic rings. The molecule has 0 amide bonds. The fraction of sp³-hybridized carbons (Fsp3) is 0.765. The van der Waals surface area contributed by atoms with E-state index in [-0.39, 0.29) is 0 Å². The third-order valence-corrected chi connectivity index (χ3v) is 4.30. The second-order valence-corrected chi connectivity index (χ2v) is 6.29. The molecule has 2 rings (SSSR count). The van der Waals surface area contributed by atoms with Crippen molar-refractivity contribution in [2.24, 2.45) is 5.92 Å². The minimum atomic E-state index is 0.853. The predicted molar refractivity (Wildman–Crippen MR) is 90.2 cm³/mol. The van der Waals surface area contributed by atoms with Gasteiger partial charge in [0.2, 0.25) is 0 Å². The number of hydrogen-bond donors (Lipinski definition) is 1. The van der Waals surface area contributed by atoms with Crippen molar-refractivity contribution < 1.29 is 0 Å². The second kappa shape index (κ2) is 7.62. The fourth-order valence-electron chi connectivity index (χ4n) is 2.82. The average Bonchev–Trinajstić information content (AvgIpc) is 2.43. The van der Waals surface area contributed by atoms with E-state index in [1.54, 1.807) is 0 Å². The SMILES string of the molecule is CCCNc1nc(CCC)nc(N(C)CC2CCC2)c1C. The Bertz CT molecular complexity index is 454. The Morgan fingerprint density at radius 1 is 1.19 bits per heavy atom. The molecule has 0 aliphatic heterocycles. The number of aryl methyl sites for hydroxylation is 1. The van der Waals surface area contributed by atoms with Gasteiger partial charge in [0, 0.05) is 32.1 Å². The van der Waals surface area contributed by atoms with E-state index in [0.717, 1.165) is 55.7 Å². The van der Waals surface area contributed by atoms with Crippen LogP contribution < -0.4 is 10.2 Å². The quantitative estimate of drug-likeness (QED) is 0.790. The molecule has 1 saturated carbocycles. The maximum absolute atomic E-state index is 4.82. The molecule has 0 unspecified atom stereocenters. The van der Waals surface area contributed by atoms with Crippen LogP contribution in [0.3, 0.4) is 0 Å². The highest BCUT2D eigenvalue weighted by Gasteiger charge is 2.21. The summed E-state index contributed by atoms with van der Waals surface area (Å²) in [6.45, 7) is 8.59. The van der Waals surface area contributed by atoms with Crippen molar-refractivity contribution >= 4 is 11.6 Å². The van der Waals surface area contributed by atoms with Crippen molar-refractivity contribution in [3.63, 3.8) is 0 Å². The van der Waals surface area contributed by atoms with Crippen LogP contribution in [0.25, 0.3) is 0 Å². The van der Waals surface area contributed by atoms with Crippen molar-refractivity contribution in [2.45, 2.75) is 59.3 Å². The van der Waals surface area contributed by atoms with Crippen molar-refractivity contribution in [1.29, 1.82) is 0 Å². The first kappa shape index (κ1) is 16.1. The standard InChI is InChI=1S/C17H30N4/c1-5-8-15-19-16(18-11-6-2)13(3)17(20-15)21(4)12-14-9-7-10-14/h14H,5-12H2,1-4H3,(H,18,19,20). The molecule has 0 atom stereocenters. The van der Waals surface area contributed by atoms with E-state index in [0.29, 0.717) is 0 Å².